The minimum atomic E-state index is -3.61. The Morgan fingerprint density at radius 3 is 2.48 bits per heavy atom. The average Bonchev–Trinajstić information content (AvgIpc) is 3.24. The highest BCUT2D eigenvalue weighted by molar-refractivity contribution is 7.89. The summed E-state index contributed by atoms with van der Waals surface area (Å²) >= 11 is 0. The number of carbonyl (C=O) groups is 1. The van der Waals surface area contributed by atoms with Crippen molar-refractivity contribution in [3.8, 4) is 5.75 Å². The minimum absolute atomic E-state index is 0.0359. The van der Waals surface area contributed by atoms with Crippen LogP contribution in [0, 0.1) is 5.92 Å². The number of nitrogens with zero attached hydrogens (tertiary/aromatic N) is 3. The van der Waals surface area contributed by atoms with Gasteiger partial charge in [0.2, 0.25) is 5.91 Å². The van der Waals surface area contributed by atoms with Crippen molar-refractivity contribution in [1.29, 1.82) is 0 Å². The van der Waals surface area contributed by atoms with Gasteiger partial charge in [-0.05, 0) is 44.4 Å². The third-order valence-electron chi connectivity index (χ3n) is 5.10. The maximum atomic E-state index is 12.7. The molecule has 0 aliphatic carbocycles. The van der Waals surface area contributed by atoms with Crippen molar-refractivity contribution in [3.05, 3.63) is 42.4 Å². The second-order valence-electron chi connectivity index (χ2n) is 7.02. The number of aromatic nitrogens is 2. The predicted molar refractivity (Wildman–Crippen MR) is 109 cm³/mol. The second-order valence-corrected chi connectivity index (χ2v) is 8.90. The lowest BCUT2D eigenvalue weighted by Crippen LogP contribution is -2.42. The van der Waals surface area contributed by atoms with Crippen LogP contribution < -0.4 is 10.1 Å². The molecule has 1 saturated heterocycles. The lowest BCUT2D eigenvalue weighted by molar-refractivity contribution is -0.126. The van der Waals surface area contributed by atoms with E-state index in [1.165, 1.54) is 10.6 Å². The number of aryl methyl sites for hydroxylation is 1. The van der Waals surface area contributed by atoms with Gasteiger partial charge in [-0.3, -0.25) is 4.79 Å². The van der Waals surface area contributed by atoms with Crippen LogP contribution in [0.3, 0.4) is 0 Å². The molecule has 2 aromatic rings. The van der Waals surface area contributed by atoms with Crippen LogP contribution in [0.1, 0.15) is 32.3 Å². The van der Waals surface area contributed by atoms with E-state index < -0.39 is 10.0 Å². The first-order valence-electron chi connectivity index (χ1n) is 9.95. The number of sulfonamides is 1. The molecule has 1 N–H and O–H groups in total. The monoisotopic (exact) mass is 420 g/mol. The molecule has 158 valence electrons. The van der Waals surface area contributed by atoms with Gasteiger partial charge in [0.25, 0.3) is 10.0 Å². The number of rotatable bonds is 8. The normalized spacial score (nSPS) is 15.9. The molecule has 9 heteroatoms. The highest BCUT2D eigenvalue weighted by Crippen LogP contribution is 2.23. The van der Waals surface area contributed by atoms with E-state index in [0.29, 0.717) is 45.6 Å². The van der Waals surface area contributed by atoms with Crippen molar-refractivity contribution >= 4 is 15.9 Å². The topological polar surface area (TPSA) is 93.5 Å². The fourth-order valence-electron chi connectivity index (χ4n) is 3.34. The van der Waals surface area contributed by atoms with Crippen molar-refractivity contribution in [2.45, 2.75) is 44.8 Å². The van der Waals surface area contributed by atoms with Crippen LogP contribution in [0.15, 0.2) is 41.8 Å². The molecule has 1 aromatic carbocycles. The van der Waals surface area contributed by atoms with Crippen molar-refractivity contribution in [3.63, 3.8) is 0 Å². The second kappa shape index (κ2) is 9.41. The first-order valence-corrected chi connectivity index (χ1v) is 11.4. The van der Waals surface area contributed by atoms with E-state index in [4.69, 9.17) is 4.74 Å². The summed E-state index contributed by atoms with van der Waals surface area (Å²) in [6, 6.07) is 7.62. The summed E-state index contributed by atoms with van der Waals surface area (Å²) in [6.07, 6.45) is 4.07. The Kier molecular flexibility index (Phi) is 6.92. The Morgan fingerprint density at radius 2 is 1.90 bits per heavy atom. The zero-order valence-electron chi connectivity index (χ0n) is 16.9. The van der Waals surface area contributed by atoms with E-state index in [9.17, 15) is 13.2 Å². The Hall–Kier alpha value is -2.39. The highest BCUT2D eigenvalue weighted by atomic mass is 32.2. The summed E-state index contributed by atoms with van der Waals surface area (Å²) < 4.78 is 34.0. The molecule has 1 aliphatic heterocycles. The van der Waals surface area contributed by atoms with Crippen LogP contribution in [0.4, 0.5) is 0 Å². The van der Waals surface area contributed by atoms with E-state index in [2.05, 4.69) is 10.3 Å². The highest BCUT2D eigenvalue weighted by Gasteiger charge is 2.33. The maximum Gasteiger partial charge on any atom is 0.262 e. The van der Waals surface area contributed by atoms with Crippen LogP contribution in [-0.4, -0.2) is 47.9 Å². The lowest BCUT2D eigenvalue weighted by atomic mass is 9.97. The van der Waals surface area contributed by atoms with Crippen molar-refractivity contribution in [1.82, 2.24) is 19.2 Å². The number of hydrogen-bond donors (Lipinski definition) is 1. The number of benzene rings is 1. The number of hydrogen-bond acceptors (Lipinski definition) is 5. The van der Waals surface area contributed by atoms with Crippen LogP contribution in [0.5, 0.6) is 5.75 Å². The largest absolute Gasteiger partial charge is 0.494 e. The molecule has 1 amide bonds. The van der Waals surface area contributed by atoms with E-state index >= 15 is 0 Å². The predicted octanol–water partition coefficient (Wildman–Crippen LogP) is 2.02. The number of piperidine rings is 1. The number of nitrogens with one attached hydrogen (secondary N) is 1. The molecule has 29 heavy (non-hydrogen) atoms. The van der Waals surface area contributed by atoms with Gasteiger partial charge >= 0.3 is 0 Å². The molecule has 2 heterocycles. The fourth-order valence-corrected chi connectivity index (χ4v) is 4.75. The third-order valence-corrected chi connectivity index (χ3v) is 6.89. The molecule has 1 aliphatic rings. The zero-order valence-corrected chi connectivity index (χ0v) is 17.7. The third kappa shape index (κ3) is 5.16. The van der Waals surface area contributed by atoms with Gasteiger partial charge in [0, 0.05) is 38.3 Å². The number of carbonyl (C=O) groups excluding carboxylic acids is 1. The molecule has 0 saturated carbocycles. The average molecular weight is 421 g/mol. The molecule has 0 unspecified atom stereocenters. The van der Waals surface area contributed by atoms with E-state index in [1.54, 1.807) is 10.8 Å². The van der Waals surface area contributed by atoms with Crippen LogP contribution >= 0.6 is 0 Å². The lowest BCUT2D eigenvalue weighted by Gasteiger charge is -2.29. The summed E-state index contributed by atoms with van der Waals surface area (Å²) in [6.45, 7) is 6.23. The van der Waals surface area contributed by atoms with Crippen molar-refractivity contribution in [2.75, 3.05) is 19.7 Å². The molecule has 0 bridgehead atoms. The molecular weight excluding hydrogens is 392 g/mol. The first-order chi connectivity index (χ1) is 13.9. The number of imidazole rings is 1. The molecule has 3 rings (SSSR count). The van der Waals surface area contributed by atoms with Crippen LogP contribution in [0.25, 0.3) is 0 Å². The van der Waals surface area contributed by atoms with Crippen molar-refractivity contribution < 1.29 is 17.9 Å². The number of amides is 1. The van der Waals surface area contributed by atoms with E-state index in [0.717, 1.165) is 11.3 Å². The minimum Gasteiger partial charge on any atom is -0.494 e. The molecular formula is C20H28N4O4S. The molecule has 1 aromatic heterocycles. The van der Waals surface area contributed by atoms with Gasteiger partial charge in [-0.1, -0.05) is 12.1 Å². The van der Waals surface area contributed by atoms with Gasteiger partial charge in [0.15, 0.2) is 5.03 Å². The Morgan fingerprint density at radius 1 is 1.21 bits per heavy atom. The Balaban J connectivity index is 1.50. The van der Waals surface area contributed by atoms with Crippen molar-refractivity contribution in [2.24, 2.45) is 5.92 Å². The summed E-state index contributed by atoms with van der Waals surface area (Å²) in [5, 5.41) is 3.02. The zero-order chi connectivity index (χ0) is 20.9. The summed E-state index contributed by atoms with van der Waals surface area (Å²) in [5.74, 6) is 0.587. The SMILES string of the molecule is CCOc1ccc(CNC(=O)C2CCN(S(=O)(=O)c3cn(CC)cn3)CC2)cc1. The van der Waals surface area contributed by atoms with Crippen LogP contribution in [0.2, 0.25) is 0 Å². The standard InChI is InChI=1S/C20H28N4O4S/c1-3-23-14-19(22-15-23)29(26,27)24-11-9-17(10-12-24)20(25)21-13-16-5-7-18(8-6-16)28-4-2/h5-8,14-15,17H,3-4,9-13H2,1-2H3,(H,21,25). The van der Waals surface area contributed by atoms with Gasteiger partial charge in [-0.25, -0.2) is 13.4 Å². The molecule has 0 radical (unpaired) electrons. The van der Waals surface area contributed by atoms with E-state index in [-0.39, 0.29) is 16.9 Å². The summed E-state index contributed by atoms with van der Waals surface area (Å²) in [7, 11) is -3.61. The quantitative estimate of drug-likeness (QED) is 0.705. The maximum absolute atomic E-state index is 12.7. The van der Waals surface area contributed by atoms with Crippen LogP contribution in [-0.2, 0) is 27.9 Å². The van der Waals surface area contributed by atoms with Gasteiger partial charge in [-0.2, -0.15) is 4.31 Å². The Labute approximate surface area is 171 Å². The molecule has 1 fully saturated rings. The van der Waals surface area contributed by atoms with E-state index in [1.807, 2.05) is 38.1 Å². The first kappa shape index (κ1) is 21.3. The van der Waals surface area contributed by atoms with Gasteiger partial charge < -0.3 is 14.6 Å². The number of ether oxygens (including phenoxy) is 1. The molecule has 8 nitrogen and oxygen atoms in total. The van der Waals surface area contributed by atoms with Gasteiger partial charge in [-0.15, -0.1) is 0 Å². The van der Waals surface area contributed by atoms with Gasteiger partial charge in [0.05, 0.1) is 12.9 Å². The fraction of sp³-hybridized carbons (Fsp3) is 0.500. The molecule has 0 atom stereocenters. The summed E-state index contributed by atoms with van der Waals surface area (Å²) in [4.78, 5) is 16.5. The Bertz CT molecular complexity index is 916. The molecule has 0 spiro atoms. The summed E-state index contributed by atoms with van der Waals surface area (Å²) in [5.41, 5.74) is 0.994. The smallest absolute Gasteiger partial charge is 0.262 e. The van der Waals surface area contributed by atoms with Gasteiger partial charge in [0.1, 0.15) is 5.75 Å².